The Labute approximate surface area is 159 Å². The fourth-order valence-electron chi connectivity index (χ4n) is 3.05. The summed E-state index contributed by atoms with van der Waals surface area (Å²) >= 11 is 0. The number of hydrogen-bond acceptors (Lipinski definition) is 5. The smallest absolute Gasteiger partial charge is 0.294 e. The van der Waals surface area contributed by atoms with Crippen molar-refractivity contribution >= 4 is 22.6 Å². The van der Waals surface area contributed by atoms with Crippen molar-refractivity contribution in [1.82, 2.24) is 24.4 Å². The van der Waals surface area contributed by atoms with E-state index in [-0.39, 0.29) is 17.8 Å². The molecule has 9 heteroatoms. The van der Waals surface area contributed by atoms with Crippen LogP contribution in [-0.2, 0) is 13.6 Å². The van der Waals surface area contributed by atoms with E-state index < -0.39 is 10.8 Å². The van der Waals surface area contributed by atoms with Gasteiger partial charge in [0.25, 0.3) is 11.6 Å². The highest BCUT2D eigenvalue weighted by Crippen LogP contribution is 2.24. The Bertz CT molecular complexity index is 1180. The number of nitro groups is 1. The first-order valence-electron chi connectivity index (χ1n) is 8.50. The van der Waals surface area contributed by atoms with Crippen LogP contribution >= 0.6 is 0 Å². The molecule has 0 saturated heterocycles. The molecule has 0 atom stereocenters. The zero-order valence-electron chi connectivity index (χ0n) is 14.9. The van der Waals surface area contributed by atoms with Gasteiger partial charge >= 0.3 is 0 Å². The van der Waals surface area contributed by atoms with Gasteiger partial charge in [-0.1, -0.05) is 12.1 Å². The van der Waals surface area contributed by atoms with Gasteiger partial charge in [-0.2, -0.15) is 0 Å². The number of carbonyl (C=O) groups excluding carboxylic acids is 1. The number of amides is 1. The average Bonchev–Trinajstić information content (AvgIpc) is 3.34. The molecule has 0 saturated carbocycles. The highest BCUT2D eigenvalue weighted by atomic mass is 16.6. The maximum absolute atomic E-state index is 12.5. The minimum Gasteiger partial charge on any atom is -0.345 e. The van der Waals surface area contributed by atoms with Crippen molar-refractivity contribution in [3.63, 3.8) is 0 Å². The largest absolute Gasteiger partial charge is 0.345 e. The van der Waals surface area contributed by atoms with Gasteiger partial charge in [-0.25, -0.2) is 9.97 Å². The van der Waals surface area contributed by atoms with Crippen molar-refractivity contribution < 1.29 is 9.72 Å². The topological polar surface area (TPSA) is 108 Å². The number of benzene rings is 2. The van der Waals surface area contributed by atoms with Crippen molar-refractivity contribution in [3.8, 4) is 5.69 Å². The summed E-state index contributed by atoms with van der Waals surface area (Å²) in [5, 5.41) is 14.2. The Morgan fingerprint density at radius 2 is 2.07 bits per heavy atom. The molecule has 0 fully saturated rings. The predicted octanol–water partition coefficient (Wildman–Crippen LogP) is 2.60. The standard InChI is InChI=1S/C19H16N6O3/c1-23-15-5-3-2-4-14(15)22-18(23)11-21-19(26)13-6-7-16(17(10-13)25(27)28)24-9-8-20-12-24/h2-10,12H,11H2,1H3,(H,21,26). The van der Waals surface area contributed by atoms with Gasteiger partial charge in [0.15, 0.2) is 0 Å². The van der Waals surface area contributed by atoms with Crippen LogP contribution in [0.25, 0.3) is 16.7 Å². The van der Waals surface area contributed by atoms with E-state index in [1.165, 1.54) is 29.2 Å². The van der Waals surface area contributed by atoms with Crippen LogP contribution in [0.5, 0.6) is 0 Å². The maximum Gasteiger partial charge on any atom is 0.294 e. The number of para-hydroxylation sites is 2. The second kappa shape index (κ2) is 6.95. The molecule has 1 amide bonds. The number of nitrogens with one attached hydrogen (secondary N) is 1. The fraction of sp³-hybridized carbons (Fsp3) is 0.105. The summed E-state index contributed by atoms with van der Waals surface area (Å²) in [7, 11) is 1.88. The first-order valence-corrected chi connectivity index (χ1v) is 8.50. The normalized spacial score (nSPS) is 10.9. The number of imidazole rings is 2. The molecule has 9 nitrogen and oxygen atoms in total. The summed E-state index contributed by atoms with van der Waals surface area (Å²) in [6.07, 6.45) is 4.60. The van der Waals surface area contributed by atoms with E-state index in [1.807, 2.05) is 35.9 Å². The number of carbonyl (C=O) groups is 1. The predicted molar refractivity (Wildman–Crippen MR) is 102 cm³/mol. The molecule has 0 aliphatic rings. The lowest BCUT2D eigenvalue weighted by molar-refractivity contribution is -0.384. The van der Waals surface area contributed by atoms with E-state index in [1.54, 1.807) is 12.3 Å². The zero-order chi connectivity index (χ0) is 19.7. The number of nitrogens with zero attached hydrogens (tertiary/aromatic N) is 5. The Morgan fingerprint density at radius 1 is 1.25 bits per heavy atom. The number of hydrogen-bond donors (Lipinski definition) is 1. The van der Waals surface area contributed by atoms with Crippen LogP contribution in [0.1, 0.15) is 16.2 Å². The molecule has 2 heterocycles. The van der Waals surface area contributed by atoms with Gasteiger partial charge < -0.3 is 14.5 Å². The second-order valence-corrected chi connectivity index (χ2v) is 6.19. The Morgan fingerprint density at radius 3 is 2.79 bits per heavy atom. The molecule has 0 unspecified atom stereocenters. The molecule has 1 N–H and O–H groups in total. The minimum absolute atomic E-state index is 0.173. The monoisotopic (exact) mass is 376 g/mol. The highest BCUT2D eigenvalue weighted by Gasteiger charge is 2.19. The maximum atomic E-state index is 12.5. The van der Waals surface area contributed by atoms with Crippen molar-refractivity contribution in [2.75, 3.05) is 0 Å². The molecular formula is C19H16N6O3. The first-order chi connectivity index (χ1) is 13.5. The van der Waals surface area contributed by atoms with Crippen LogP contribution in [0.15, 0.2) is 61.2 Å². The third kappa shape index (κ3) is 3.09. The highest BCUT2D eigenvalue weighted by molar-refractivity contribution is 5.95. The molecule has 0 aliphatic heterocycles. The lowest BCUT2D eigenvalue weighted by atomic mass is 10.1. The Balaban J connectivity index is 1.57. The third-order valence-corrected chi connectivity index (χ3v) is 4.50. The SMILES string of the molecule is Cn1c(CNC(=O)c2ccc(-n3ccnc3)c([N+](=O)[O-])c2)nc2ccccc21. The van der Waals surface area contributed by atoms with E-state index in [0.29, 0.717) is 11.5 Å². The van der Waals surface area contributed by atoms with Gasteiger partial charge in [0.05, 0.1) is 28.8 Å². The van der Waals surface area contributed by atoms with Gasteiger partial charge in [-0.05, 0) is 24.3 Å². The molecule has 0 bridgehead atoms. The number of nitro benzene ring substituents is 1. The average molecular weight is 376 g/mol. The van der Waals surface area contributed by atoms with E-state index >= 15 is 0 Å². The van der Waals surface area contributed by atoms with Gasteiger partial charge in [0, 0.05) is 31.1 Å². The summed E-state index contributed by atoms with van der Waals surface area (Å²) < 4.78 is 3.43. The van der Waals surface area contributed by atoms with Crippen molar-refractivity contribution in [3.05, 3.63) is 82.7 Å². The second-order valence-electron chi connectivity index (χ2n) is 6.19. The Hall–Kier alpha value is -4.01. The van der Waals surface area contributed by atoms with Gasteiger partial charge in [0.2, 0.25) is 0 Å². The number of rotatable bonds is 5. The van der Waals surface area contributed by atoms with Crippen molar-refractivity contribution in [2.45, 2.75) is 6.54 Å². The minimum atomic E-state index is -0.516. The molecule has 0 spiro atoms. The summed E-state index contributed by atoms with van der Waals surface area (Å²) in [6, 6.07) is 12.0. The molecule has 4 rings (SSSR count). The van der Waals surface area contributed by atoms with Crippen LogP contribution in [0.2, 0.25) is 0 Å². The molecule has 0 aliphatic carbocycles. The Kier molecular flexibility index (Phi) is 4.32. The molecule has 140 valence electrons. The van der Waals surface area contributed by atoms with E-state index in [4.69, 9.17) is 0 Å². The number of fused-ring (bicyclic) bond motifs is 1. The van der Waals surface area contributed by atoms with Crippen LogP contribution in [0.3, 0.4) is 0 Å². The summed E-state index contributed by atoms with van der Waals surface area (Å²) in [5.41, 5.74) is 2.18. The van der Waals surface area contributed by atoms with E-state index in [0.717, 1.165) is 11.0 Å². The summed E-state index contributed by atoms with van der Waals surface area (Å²) in [6.45, 7) is 0.209. The van der Waals surface area contributed by atoms with Gasteiger partial charge in [-0.3, -0.25) is 14.9 Å². The molecule has 28 heavy (non-hydrogen) atoms. The van der Waals surface area contributed by atoms with Gasteiger partial charge in [0.1, 0.15) is 11.5 Å². The lowest BCUT2D eigenvalue weighted by Crippen LogP contribution is -2.24. The third-order valence-electron chi connectivity index (χ3n) is 4.50. The van der Waals surface area contributed by atoms with E-state index in [9.17, 15) is 14.9 Å². The van der Waals surface area contributed by atoms with Gasteiger partial charge in [-0.15, -0.1) is 0 Å². The van der Waals surface area contributed by atoms with Crippen LogP contribution in [0, 0.1) is 10.1 Å². The molecule has 4 aromatic rings. The number of aryl methyl sites for hydroxylation is 1. The van der Waals surface area contributed by atoms with E-state index in [2.05, 4.69) is 15.3 Å². The van der Waals surface area contributed by atoms with Crippen molar-refractivity contribution in [2.24, 2.45) is 7.05 Å². The lowest BCUT2D eigenvalue weighted by Gasteiger charge is -2.08. The van der Waals surface area contributed by atoms with Crippen molar-refractivity contribution in [1.29, 1.82) is 0 Å². The van der Waals surface area contributed by atoms with Crippen LogP contribution in [-0.4, -0.2) is 29.9 Å². The zero-order valence-corrected chi connectivity index (χ0v) is 14.9. The number of aromatic nitrogens is 4. The summed E-state index contributed by atoms with van der Waals surface area (Å²) in [5.74, 6) is 0.284. The first kappa shape index (κ1) is 17.4. The molecule has 0 radical (unpaired) electrons. The molecule has 2 aromatic heterocycles. The van der Waals surface area contributed by atoms with Crippen LogP contribution < -0.4 is 5.32 Å². The molecule has 2 aromatic carbocycles. The fourth-order valence-corrected chi connectivity index (χ4v) is 3.05. The van der Waals surface area contributed by atoms with Crippen LogP contribution in [0.4, 0.5) is 5.69 Å². The quantitative estimate of drug-likeness (QED) is 0.425. The molecular weight excluding hydrogens is 360 g/mol. The summed E-state index contributed by atoms with van der Waals surface area (Å²) in [4.78, 5) is 31.9.